The van der Waals surface area contributed by atoms with Crippen LogP contribution >= 0.6 is 0 Å². The largest absolute Gasteiger partial charge is 0.356 e. The van der Waals surface area contributed by atoms with Gasteiger partial charge < -0.3 is 4.90 Å². The van der Waals surface area contributed by atoms with E-state index in [1.807, 2.05) is 25.3 Å². The molecule has 92 valence electrons. The summed E-state index contributed by atoms with van der Waals surface area (Å²) in [5.41, 5.74) is 1.03. The summed E-state index contributed by atoms with van der Waals surface area (Å²) in [7, 11) is 0. The van der Waals surface area contributed by atoms with Gasteiger partial charge in [-0.1, -0.05) is 0 Å². The van der Waals surface area contributed by atoms with Gasteiger partial charge in [-0.15, -0.1) is 0 Å². The summed E-state index contributed by atoms with van der Waals surface area (Å²) < 4.78 is 0. The molecule has 0 spiro atoms. The van der Waals surface area contributed by atoms with E-state index < -0.39 is 0 Å². The number of anilines is 1. The van der Waals surface area contributed by atoms with Gasteiger partial charge in [-0.3, -0.25) is 0 Å². The third kappa shape index (κ3) is 2.16. The number of nitrogens with zero attached hydrogens (tertiary/aromatic N) is 5. The van der Waals surface area contributed by atoms with Gasteiger partial charge in [0.25, 0.3) is 0 Å². The van der Waals surface area contributed by atoms with Crippen molar-refractivity contribution in [3.8, 4) is 0 Å². The molecule has 0 unspecified atom stereocenters. The first-order chi connectivity index (χ1) is 8.83. The average molecular weight is 241 g/mol. The SMILES string of the molecule is Cc1ccnc([C@@H]2CCN(c3ccncn3)C2)n1. The second-order valence-corrected chi connectivity index (χ2v) is 4.56. The van der Waals surface area contributed by atoms with Crippen molar-refractivity contribution in [1.29, 1.82) is 0 Å². The van der Waals surface area contributed by atoms with Gasteiger partial charge in [-0.05, 0) is 25.5 Å². The van der Waals surface area contributed by atoms with Gasteiger partial charge in [-0.25, -0.2) is 19.9 Å². The minimum absolute atomic E-state index is 0.403. The molecule has 0 aliphatic carbocycles. The number of aromatic nitrogens is 4. The molecule has 1 saturated heterocycles. The Morgan fingerprint density at radius 1 is 1.22 bits per heavy atom. The summed E-state index contributed by atoms with van der Waals surface area (Å²) >= 11 is 0. The highest BCUT2D eigenvalue weighted by atomic mass is 15.2. The van der Waals surface area contributed by atoms with E-state index in [9.17, 15) is 0 Å². The van der Waals surface area contributed by atoms with Crippen LogP contribution in [0, 0.1) is 6.92 Å². The molecular weight excluding hydrogens is 226 g/mol. The van der Waals surface area contributed by atoms with Crippen LogP contribution < -0.4 is 4.90 Å². The topological polar surface area (TPSA) is 54.8 Å². The number of hydrogen-bond acceptors (Lipinski definition) is 5. The van der Waals surface area contributed by atoms with Crippen LogP contribution in [-0.4, -0.2) is 33.0 Å². The lowest BCUT2D eigenvalue weighted by Gasteiger charge is -2.16. The lowest BCUT2D eigenvalue weighted by atomic mass is 10.1. The first-order valence-electron chi connectivity index (χ1n) is 6.13. The second-order valence-electron chi connectivity index (χ2n) is 4.56. The summed E-state index contributed by atoms with van der Waals surface area (Å²) in [5, 5.41) is 0. The van der Waals surface area contributed by atoms with Crippen molar-refractivity contribution in [2.75, 3.05) is 18.0 Å². The Balaban J connectivity index is 1.76. The highest BCUT2D eigenvalue weighted by Crippen LogP contribution is 2.27. The van der Waals surface area contributed by atoms with Gasteiger partial charge in [0, 0.05) is 37.1 Å². The molecule has 1 aliphatic rings. The molecule has 0 radical (unpaired) electrons. The molecule has 0 saturated carbocycles. The van der Waals surface area contributed by atoms with Crippen LogP contribution in [0.4, 0.5) is 5.82 Å². The van der Waals surface area contributed by atoms with E-state index >= 15 is 0 Å². The summed E-state index contributed by atoms with van der Waals surface area (Å²) in [6, 6.07) is 3.88. The van der Waals surface area contributed by atoms with Crippen molar-refractivity contribution in [3.05, 3.63) is 42.4 Å². The van der Waals surface area contributed by atoms with E-state index in [1.165, 1.54) is 0 Å². The zero-order valence-electron chi connectivity index (χ0n) is 10.3. The van der Waals surface area contributed by atoms with Crippen molar-refractivity contribution in [2.24, 2.45) is 0 Å². The maximum Gasteiger partial charge on any atom is 0.133 e. The van der Waals surface area contributed by atoms with E-state index in [1.54, 1.807) is 12.5 Å². The zero-order chi connectivity index (χ0) is 12.4. The fourth-order valence-corrected chi connectivity index (χ4v) is 2.31. The number of hydrogen-bond donors (Lipinski definition) is 0. The smallest absolute Gasteiger partial charge is 0.133 e. The van der Waals surface area contributed by atoms with Crippen LogP contribution in [0.5, 0.6) is 0 Å². The maximum atomic E-state index is 4.51. The molecule has 5 heteroatoms. The summed E-state index contributed by atoms with van der Waals surface area (Å²) in [6.07, 6.45) is 6.28. The Labute approximate surface area is 106 Å². The Hall–Kier alpha value is -2.04. The first kappa shape index (κ1) is 11.1. The molecule has 1 atom stereocenters. The third-order valence-corrected chi connectivity index (χ3v) is 3.26. The lowest BCUT2D eigenvalue weighted by molar-refractivity contribution is 0.703. The molecule has 0 bridgehead atoms. The molecule has 18 heavy (non-hydrogen) atoms. The molecule has 2 aromatic heterocycles. The van der Waals surface area contributed by atoms with Crippen LogP contribution in [-0.2, 0) is 0 Å². The quantitative estimate of drug-likeness (QED) is 0.798. The van der Waals surface area contributed by atoms with Crippen molar-refractivity contribution < 1.29 is 0 Å². The summed E-state index contributed by atoms with van der Waals surface area (Å²) in [4.78, 5) is 19.4. The molecule has 0 N–H and O–H groups in total. The lowest BCUT2D eigenvalue weighted by Crippen LogP contribution is -2.20. The molecule has 0 aromatic carbocycles. The van der Waals surface area contributed by atoms with Gasteiger partial charge in [0.2, 0.25) is 0 Å². The van der Waals surface area contributed by atoms with Crippen molar-refractivity contribution in [1.82, 2.24) is 19.9 Å². The van der Waals surface area contributed by atoms with E-state index in [-0.39, 0.29) is 0 Å². The highest BCUT2D eigenvalue weighted by Gasteiger charge is 2.26. The molecule has 2 aromatic rings. The third-order valence-electron chi connectivity index (χ3n) is 3.26. The van der Waals surface area contributed by atoms with Crippen molar-refractivity contribution in [2.45, 2.75) is 19.3 Å². The van der Waals surface area contributed by atoms with E-state index in [0.29, 0.717) is 5.92 Å². The van der Waals surface area contributed by atoms with Gasteiger partial charge in [-0.2, -0.15) is 0 Å². The fraction of sp³-hybridized carbons (Fsp3) is 0.385. The van der Waals surface area contributed by atoms with Crippen LogP contribution in [0.2, 0.25) is 0 Å². The fourth-order valence-electron chi connectivity index (χ4n) is 2.31. The maximum absolute atomic E-state index is 4.51. The molecule has 3 rings (SSSR count). The normalized spacial score (nSPS) is 19.2. The van der Waals surface area contributed by atoms with Crippen LogP contribution in [0.1, 0.15) is 23.9 Å². The van der Waals surface area contributed by atoms with Crippen molar-refractivity contribution in [3.63, 3.8) is 0 Å². The minimum atomic E-state index is 0.403. The Morgan fingerprint density at radius 3 is 2.94 bits per heavy atom. The van der Waals surface area contributed by atoms with Gasteiger partial charge in [0.15, 0.2) is 0 Å². The molecule has 1 aliphatic heterocycles. The average Bonchev–Trinajstić information content (AvgIpc) is 2.89. The predicted octanol–water partition coefficient (Wildman–Crippen LogP) is 1.57. The second kappa shape index (κ2) is 4.68. The number of rotatable bonds is 2. The molecular formula is C13H15N5. The van der Waals surface area contributed by atoms with Crippen LogP contribution in [0.25, 0.3) is 0 Å². The van der Waals surface area contributed by atoms with Crippen molar-refractivity contribution >= 4 is 5.82 Å². The Morgan fingerprint density at radius 2 is 2.17 bits per heavy atom. The minimum Gasteiger partial charge on any atom is -0.356 e. The predicted molar refractivity (Wildman–Crippen MR) is 68.4 cm³/mol. The molecule has 0 amide bonds. The van der Waals surface area contributed by atoms with Crippen LogP contribution in [0.15, 0.2) is 30.9 Å². The van der Waals surface area contributed by atoms with Gasteiger partial charge >= 0.3 is 0 Å². The Kier molecular flexibility index (Phi) is 2.88. The zero-order valence-corrected chi connectivity index (χ0v) is 10.3. The molecule has 5 nitrogen and oxygen atoms in total. The first-order valence-corrected chi connectivity index (χ1v) is 6.13. The van der Waals surface area contributed by atoms with Gasteiger partial charge in [0.05, 0.1) is 0 Å². The standard InChI is InChI=1S/C13H15N5/c1-10-2-6-15-13(17-10)11-4-7-18(8-11)12-3-5-14-9-16-12/h2-3,5-6,9,11H,4,7-8H2,1H3/t11-/m1/s1. The molecule has 3 heterocycles. The van der Waals surface area contributed by atoms with Gasteiger partial charge in [0.1, 0.15) is 18.0 Å². The number of aryl methyl sites for hydroxylation is 1. The van der Waals surface area contributed by atoms with E-state index in [4.69, 9.17) is 0 Å². The van der Waals surface area contributed by atoms with E-state index in [2.05, 4.69) is 24.8 Å². The summed E-state index contributed by atoms with van der Waals surface area (Å²) in [5.74, 6) is 2.34. The monoisotopic (exact) mass is 241 g/mol. The Bertz CT molecular complexity index is 528. The molecule has 1 fully saturated rings. The van der Waals surface area contributed by atoms with Crippen LogP contribution in [0.3, 0.4) is 0 Å². The van der Waals surface area contributed by atoms with E-state index in [0.717, 1.165) is 36.8 Å². The highest BCUT2D eigenvalue weighted by molar-refractivity contribution is 5.39. The summed E-state index contributed by atoms with van der Waals surface area (Å²) in [6.45, 7) is 3.93.